The van der Waals surface area contributed by atoms with E-state index in [1.54, 1.807) is 0 Å². The minimum atomic E-state index is -0.504. The lowest BCUT2D eigenvalue weighted by atomic mass is 9.95. The first-order chi connectivity index (χ1) is 8.05. The molecular weight excluding hydrogens is 214 g/mol. The second-order valence-corrected chi connectivity index (χ2v) is 5.13. The average molecular weight is 237 g/mol. The standard InChI is InChI=1S/C13H23N3O/c1-4-11(9-14)12(17)15-10-13(16(2)3)7-5-6-8-13/h11H,4-8,10H2,1-3H3,(H,15,17). The number of rotatable bonds is 5. The minimum Gasteiger partial charge on any atom is -0.353 e. The third-order valence-corrected chi connectivity index (χ3v) is 3.96. The number of nitriles is 1. The van der Waals surface area contributed by atoms with Crippen molar-refractivity contribution in [1.29, 1.82) is 5.26 Å². The zero-order chi connectivity index (χ0) is 12.9. The molecule has 0 radical (unpaired) electrons. The zero-order valence-corrected chi connectivity index (χ0v) is 11.1. The molecule has 1 amide bonds. The van der Waals surface area contributed by atoms with E-state index in [9.17, 15) is 4.79 Å². The van der Waals surface area contributed by atoms with Crippen LogP contribution in [-0.2, 0) is 4.79 Å². The van der Waals surface area contributed by atoms with Crippen molar-refractivity contribution in [2.45, 2.75) is 44.6 Å². The summed E-state index contributed by atoms with van der Waals surface area (Å²) in [6.45, 7) is 2.53. The first kappa shape index (κ1) is 14.0. The third kappa shape index (κ3) is 3.19. The highest BCUT2D eigenvalue weighted by molar-refractivity contribution is 5.81. The molecule has 1 saturated carbocycles. The lowest BCUT2D eigenvalue weighted by Gasteiger charge is -2.36. The summed E-state index contributed by atoms with van der Waals surface area (Å²) in [6.07, 6.45) is 5.29. The number of carbonyl (C=O) groups excluding carboxylic acids is 1. The number of nitrogens with zero attached hydrogens (tertiary/aromatic N) is 2. The second-order valence-electron chi connectivity index (χ2n) is 5.13. The van der Waals surface area contributed by atoms with E-state index >= 15 is 0 Å². The van der Waals surface area contributed by atoms with Gasteiger partial charge in [0.2, 0.25) is 5.91 Å². The van der Waals surface area contributed by atoms with Crippen LogP contribution in [0.3, 0.4) is 0 Å². The number of carbonyl (C=O) groups is 1. The first-order valence-corrected chi connectivity index (χ1v) is 6.40. The molecule has 0 spiro atoms. The number of hydrogen-bond acceptors (Lipinski definition) is 3. The highest BCUT2D eigenvalue weighted by Crippen LogP contribution is 2.33. The van der Waals surface area contributed by atoms with Crippen LogP contribution in [0.15, 0.2) is 0 Å². The van der Waals surface area contributed by atoms with Crippen LogP contribution in [0.4, 0.5) is 0 Å². The molecule has 0 bridgehead atoms. The fourth-order valence-corrected chi connectivity index (χ4v) is 2.53. The number of nitrogens with one attached hydrogen (secondary N) is 1. The van der Waals surface area contributed by atoms with Crippen molar-refractivity contribution in [1.82, 2.24) is 10.2 Å². The van der Waals surface area contributed by atoms with Gasteiger partial charge in [0, 0.05) is 12.1 Å². The maximum Gasteiger partial charge on any atom is 0.237 e. The van der Waals surface area contributed by atoms with Gasteiger partial charge in [-0.3, -0.25) is 4.79 Å². The van der Waals surface area contributed by atoms with E-state index in [1.807, 2.05) is 13.0 Å². The molecule has 0 aromatic rings. The van der Waals surface area contributed by atoms with Gasteiger partial charge in [-0.2, -0.15) is 5.26 Å². The molecule has 1 aliphatic carbocycles. The van der Waals surface area contributed by atoms with Crippen LogP contribution in [-0.4, -0.2) is 37.0 Å². The molecule has 0 aromatic carbocycles. The highest BCUT2D eigenvalue weighted by atomic mass is 16.1. The Labute approximate surface area is 104 Å². The van der Waals surface area contributed by atoms with Gasteiger partial charge < -0.3 is 10.2 Å². The van der Waals surface area contributed by atoms with Gasteiger partial charge in [0.15, 0.2) is 0 Å². The quantitative estimate of drug-likeness (QED) is 0.789. The normalized spacial score (nSPS) is 19.9. The lowest BCUT2D eigenvalue weighted by Crippen LogP contribution is -2.51. The average Bonchev–Trinajstić information content (AvgIpc) is 2.78. The van der Waals surface area contributed by atoms with Crippen molar-refractivity contribution in [2.24, 2.45) is 5.92 Å². The van der Waals surface area contributed by atoms with Crippen molar-refractivity contribution in [3.8, 4) is 6.07 Å². The molecule has 1 N–H and O–H groups in total. The van der Waals surface area contributed by atoms with E-state index in [0.717, 1.165) is 12.8 Å². The Balaban J connectivity index is 2.54. The largest absolute Gasteiger partial charge is 0.353 e. The predicted molar refractivity (Wildman–Crippen MR) is 67.3 cm³/mol. The fourth-order valence-electron chi connectivity index (χ4n) is 2.53. The maximum atomic E-state index is 11.8. The topological polar surface area (TPSA) is 56.1 Å². The molecule has 1 atom stereocenters. The Morgan fingerprint density at radius 1 is 1.47 bits per heavy atom. The summed E-state index contributed by atoms with van der Waals surface area (Å²) in [5.41, 5.74) is 0.101. The van der Waals surface area contributed by atoms with Gasteiger partial charge in [0.25, 0.3) is 0 Å². The van der Waals surface area contributed by atoms with Crippen LogP contribution < -0.4 is 5.32 Å². The molecule has 1 unspecified atom stereocenters. The summed E-state index contributed by atoms with van der Waals surface area (Å²) < 4.78 is 0. The van der Waals surface area contributed by atoms with Crippen LogP contribution >= 0.6 is 0 Å². The van der Waals surface area contributed by atoms with E-state index in [1.165, 1.54) is 12.8 Å². The minimum absolute atomic E-state index is 0.101. The Morgan fingerprint density at radius 2 is 2.06 bits per heavy atom. The molecule has 4 nitrogen and oxygen atoms in total. The van der Waals surface area contributed by atoms with Crippen LogP contribution in [0.2, 0.25) is 0 Å². The molecule has 1 rings (SSSR count). The van der Waals surface area contributed by atoms with Crippen LogP contribution in [0.25, 0.3) is 0 Å². The third-order valence-electron chi connectivity index (χ3n) is 3.96. The van der Waals surface area contributed by atoms with Gasteiger partial charge in [-0.1, -0.05) is 19.8 Å². The summed E-state index contributed by atoms with van der Waals surface area (Å²) >= 11 is 0. The summed E-state index contributed by atoms with van der Waals surface area (Å²) in [5, 5.41) is 11.8. The summed E-state index contributed by atoms with van der Waals surface area (Å²) in [7, 11) is 4.14. The van der Waals surface area contributed by atoms with Crippen LogP contribution in [0, 0.1) is 17.2 Å². The van der Waals surface area contributed by atoms with E-state index in [0.29, 0.717) is 13.0 Å². The Hall–Kier alpha value is -1.08. The Morgan fingerprint density at radius 3 is 2.47 bits per heavy atom. The van der Waals surface area contributed by atoms with Gasteiger partial charge in [-0.05, 0) is 33.4 Å². The van der Waals surface area contributed by atoms with Crippen LogP contribution in [0.1, 0.15) is 39.0 Å². The van der Waals surface area contributed by atoms with Crippen molar-refractivity contribution in [3.63, 3.8) is 0 Å². The Kier molecular flexibility index (Phi) is 4.95. The SMILES string of the molecule is CCC(C#N)C(=O)NCC1(N(C)C)CCCC1. The molecule has 4 heteroatoms. The van der Waals surface area contributed by atoms with Gasteiger partial charge in [-0.25, -0.2) is 0 Å². The molecule has 0 aliphatic heterocycles. The summed E-state index contributed by atoms with van der Waals surface area (Å²) in [5.74, 6) is -0.626. The van der Waals surface area contributed by atoms with Gasteiger partial charge in [0.1, 0.15) is 5.92 Å². The van der Waals surface area contributed by atoms with E-state index in [-0.39, 0.29) is 11.4 Å². The molecular formula is C13H23N3O. The van der Waals surface area contributed by atoms with E-state index in [4.69, 9.17) is 5.26 Å². The summed E-state index contributed by atoms with van der Waals surface area (Å²) in [6, 6.07) is 2.04. The fraction of sp³-hybridized carbons (Fsp3) is 0.846. The number of likely N-dealkylation sites (N-methyl/N-ethyl adjacent to an activating group) is 1. The highest BCUT2D eigenvalue weighted by Gasteiger charge is 2.36. The molecule has 96 valence electrons. The smallest absolute Gasteiger partial charge is 0.237 e. The van der Waals surface area contributed by atoms with Gasteiger partial charge in [0.05, 0.1) is 6.07 Å². The lowest BCUT2D eigenvalue weighted by molar-refractivity contribution is -0.124. The van der Waals surface area contributed by atoms with Gasteiger partial charge in [-0.15, -0.1) is 0 Å². The monoisotopic (exact) mass is 237 g/mol. The van der Waals surface area contributed by atoms with E-state index in [2.05, 4.69) is 24.3 Å². The van der Waals surface area contributed by atoms with E-state index < -0.39 is 5.92 Å². The predicted octanol–water partition coefficient (Wildman–Crippen LogP) is 1.53. The first-order valence-electron chi connectivity index (χ1n) is 6.40. The second kappa shape index (κ2) is 6.02. The molecule has 17 heavy (non-hydrogen) atoms. The Bertz CT molecular complexity index is 300. The molecule has 0 saturated heterocycles. The van der Waals surface area contributed by atoms with Crippen molar-refractivity contribution in [2.75, 3.05) is 20.6 Å². The number of amides is 1. The molecule has 0 heterocycles. The zero-order valence-electron chi connectivity index (χ0n) is 11.1. The van der Waals surface area contributed by atoms with Crippen molar-refractivity contribution >= 4 is 5.91 Å². The molecule has 0 aromatic heterocycles. The van der Waals surface area contributed by atoms with Crippen LogP contribution in [0.5, 0.6) is 0 Å². The summed E-state index contributed by atoms with van der Waals surface area (Å²) in [4.78, 5) is 14.0. The van der Waals surface area contributed by atoms with Crippen molar-refractivity contribution < 1.29 is 4.79 Å². The maximum absolute atomic E-state index is 11.8. The molecule has 1 fully saturated rings. The number of hydrogen-bond donors (Lipinski definition) is 1. The molecule has 1 aliphatic rings. The van der Waals surface area contributed by atoms with Gasteiger partial charge >= 0.3 is 0 Å². The van der Waals surface area contributed by atoms with Crippen molar-refractivity contribution in [3.05, 3.63) is 0 Å².